The lowest BCUT2D eigenvalue weighted by Gasteiger charge is -2.19. The summed E-state index contributed by atoms with van der Waals surface area (Å²) in [6.45, 7) is 0.0472. The molecule has 3 rings (SSSR count). The Balaban J connectivity index is 2.31. The first kappa shape index (κ1) is 16.2. The van der Waals surface area contributed by atoms with Crippen molar-refractivity contribution in [3.8, 4) is 0 Å². The molecule has 0 aliphatic carbocycles. The summed E-state index contributed by atoms with van der Waals surface area (Å²) < 4.78 is 4.64. The molecule has 0 bridgehead atoms. The fraction of sp³-hybridized carbons (Fsp3) is 0.111. The quantitative estimate of drug-likeness (QED) is 0.668. The second-order valence-corrected chi connectivity index (χ2v) is 5.64. The van der Waals surface area contributed by atoms with Crippen molar-refractivity contribution in [1.82, 2.24) is 5.06 Å². The molecule has 2 aromatic carbocycles. The van der Waals surface area contributed by atoms with E-state index in [0.717, 1.165) is 10.6 Å². The summed E-state index contributed by atoms with van der Waals surface area (Å²) >= 11 is 6.13. The zero-order chi connectivity index (χ0) is 17.1. The lowest BCUT2D eigenvalue weighted by Crippen LogP contribution is -2.31. The van der Waals surface area contributed by atoms with Gasteiger partial charge < -0.3 is 4.74 Å². The van der Waals surface area contributed by atoms with Crippen molar-refractivity contribution >= 4 is 23.3 Å². The largest absolute Gasteiger partial charge is 0.466 e. The number of methoxy groups -OCH3 is 1. The molecule has 122 valence electrons. The van der Waals surface area contributed by atoms with E-state index in [-0.39, 0.29) is 6.54 Å². The summed E-state index contributed by atoms with van der Waals surface area (Å²) in [5, 5.41) is 13.5. The van der Waals surface area contributed by atoms with Crippen molar-refractivity contribution in [3.05, 3.63) is 81.5 Å². The number of carbonyl (C=O) groups is 1. The molecule has 0 atom stereocenters. The van der Waals surface area contributed by atoms with Gasteiger partial charge in [-0.3, -0.25) is 10.2 Å². The number of carbonyl (C=O) groups excluding carboxylic acids is 1. The number of hydrogen-bond acceptors (Lipinski definition) is 5. The second kappa shape index (κ2) is 6.86. The van der Waals surface area contributed by atoms with Crippen molar-refractivity contribution in [2.45, 2.75) is 0 Å². The summed E-state index contributed by atoms with van der Waals surface area (Å²) in [5.74, 6) is -0.527. The van der Waals surface area contributed by atoms with Crippen LogP contribution in [0.5, 0.6) is 0 Å². The van der Waals surface area contributed by atoms with Crippen molar-refractivity contribution in [3.63, 3.8) is 0 Å². The van der Waals surface area contributed by atoms with Gasteiger partial charge >= 0.3 is 5.97 Å². The smallest absolute Gasteiger partial charge is 0.332 e. The van der Waals surface area contributed by atoms with Crippen molar-refractivity contribution < 1.29 is 14.7 Å². The molecule has 0 saturated carbocycles. The van der Waals surface area contributed by atoms with Gasteiger partial charge in [0.25, 0.3) is 0 Å². The van der Waals surface area contributed by atoms with Gasteiger partial charge in [-0.1, -0.05) is 41.9 Å². The summed E-state index contributed by atoms with van der Waals surface area (Å²) in [5.41, 5.74) is 1.78. The molecule has 1 N–H and O–H groups in total. The molecule has 24 heavy (non-hydrogen) atoms. The van der Waals surface area contributed by atoms with Crippen LogP contribution in [0.25, 0.3) is 5.70 Å². The Morgan fingerprint density at radius 1 is 1.29 bits per heavy atom. The van der Waals surface area contributed by atoms with E-state index in [2.05, 4.69) is 9.73 Å². The Labute approximate surface area is 143 Å². The zero-order valence-corrected chi connectivity index (χ0v) is 13.7. The van der Waals surface area contributed by atoms with E-state index in [1.165, 1.54) is 13.2 Å². The molecule has 0 amide bonds. The lowest BCUT2D eigenvalue weighted by atomic mass is 10.1. The van der Waals surface area contributed by atoms with E-state index in [1.54, 1.807) is 18.2 Å². The third kappa shape index (κ3) is 3.32. The van der Waals surface area contributed by atoms with Crippen LogP contribution in [0.1, 0.15) is 5.56 Å². The van der Waals surface area contributed by atoms with Crippen LogP contribution < -0.4 is 10.6 Å². The third-order valence-corrected chi connectivity index (χ3v) is 3.82. The number of benzene rings is 2. The highest BCUT2D eigenvalue weighted by Gasteiger charge is 2.17. The number of halogens is 1. The summed E-state index contributed by atoms with van der Waals surface area (Å²) in [6.07, 6.45) is 1.26. The minimum Gasteiger partial charge on any atom is -0.466 e. The number of fused-ring (bicyclic) bond motifs is 1. The Morgan fingerprint density at radius 2 is 2.04 bits per heavy atom. The molecule has 0 unspecified atom stereocenters. The molecule has 0 spiro atoms. The first-order valence-electron chi connectivity index (χ1n) is 7.27. The fourth-order valence-electron chi connectivity index (χ4n) is 2.53. The predicted molar refractivity (Wildman–Crippen MR) is 89.8 cm³/mol. The Hall–Kier alpha value is -2.63. The Morgan fingerprint density at radius 3 is 2.75 bits per heavy atom. The van der Waals surface area contributed by atoms with E-state index in [4.69, 9.17) is 11.6 Å². The standard InChI is InChI=1S/C18H15ClN2O3/c1-24-17(22)10-14-11-21(23)18(12-5-3-2-4-6-12)15-9-13(19)7-8-16(15)20-14/h2-10,23H,11H2,1H3. The molecule has 1 aliphatic rings. The van der Waals surface area contributed by atoms with Gasteiger partial charge in [-0.15, -0.1) is 0 Å². The SMILES string of the molecule is COC(=O)C=C1CN(O)C(c2ccccc2)=c2cc(Cl)ccc2=N1. The molecule has 6 heteroatoms. The maximum Gasteiger partial charge on any atom is 0.332 e. The number of nitrogens with zero attached hydrogens (tertiary/aromatic N) is 2. The number of hydroxylamine groups is 2. The van der Waals surface area contributed by atoms with Crippen LogP contribution in [0.4, 0.5) is 0 Å². The molecule has 5 nitrogen and oxygen atoms in total. The average Bonchev–Trinajstić information content (AvgIpc) is 2.70. The van der Waals surface area contributed by atoms with E-state index in [0.29, 0.717) is 27.0 Å². The topological polar surface area (TPSA) is 62.1 Å². The zero-order valence-electron chi connectivity index (χ0n) is 12.9. The lowest BCUT2D eigenvalue weighted by molar-refractivity contribution is -0.134. The van der Waals surface area contributed by atoms with E-state index in [1.807, 2.05) is 30.3 Å². The molecular formula is C18H15ClN2O3. The Kier molecular flexibility index (Phi) is 4.64. The molecule has 0 aromatic heterocycles. The molecule has 1 heterocycles. The molecule has 0 fully saturated rings. The van der Waals surface area contributed by atoms with Crippen LogP contribution >= 0.6 is 11.6 Å². The van der Waals surface area contributed by atoms with Gasteiger partial charge in [0, 0.05) is 21.9 Å². The average molecular weight is 343 g/mol. The summed E-state index contributed by atoms with van der Waals surface area (Å²) in [6, 6.07) is 14.7. The van der Waals surface area contributed by atoms with Gasteiger partial charge in [0.05, 0.1) is 30.4 Å². The highest BCUT2D eigenvalue weighted by Crippen LogP contribution is 2.18. The van der Waals surface area contributed by atoms with Crippen LogP contribution in [0.15, 0.2) is 65.3 Å². The fourth-order valence-corrected chi connectivity index (χ4v) is 2.70. The molecule has 0 saturated heterocycles. The maximum atomic E-state index is 11.5. The monoisotopic (exact) mass is 342 g/mol. The van der Waals surface area contributed by atoms with E-state index in [9.17, 15) is 10.0 Å². The van der Waals surface area contributed by atoms with E-state index >= 15 is 0 Å². The van der Waals surface area contributed by atoms with Gasteiger partial charge in [0.15, 0.2) is 0 Å². The minimum absolute atomic E-state index is 0.0472. The maximum absolute atomic E-state index is 11.5. The summed E-state index contributed by atoms with van der Waals surface area (Å²) in [4.78, 5) is 16.0. The van der Waals surface area contributed by atoms with Crippen LogP contribution in [-0.4, -0.2) is 29.9 Å². The normalized spacial score (nSPS) is 15.5. The van der Waals surface area contributed by atoms with Crippen molar-refractivity contribution in [1.29, 1.82) is 0 Å². The van der Waals surface area contributed by atoms with Gasteiger partial charge in [0.2, 0.25) is 0 Å². The van der Waals surface area contributed by atoms with Crippen molar-refractivity contribution in [2.24, 2.45) is 4.99 Å². The number of esters is 1. The number of hydrogen-bond donors (Lipinski definition) is 1. The highest BCUT2D eigenvalue weighted by atomic mass is 35.5. The van der Waals surface area contributed by atoms with Gasteiger partial charge in [-0.2, -0.15) is 0 Å². The van der Waals surface area contributed by atoms with Crippen LogP contribution in [0.3, 0.4) is 0 Å². The van der Waals surface area contributed by atoms with Crippen LogP contribution in [-0.2, 0) is 9.53 Å². The van der Waals surface area contributed by atoms with Crippen molar-refractivity contribution in [2.75, 3.05) is 13.7 Å². The molecule has 1 aliphatic heterocycles. The molecule has 2 aromatic rings. The second-order valence-electron chi connectivity index (χ2n) is 5.20. The first-order valence-corrected chi connectivity index (χ1v) is 7.65. The van der Waals surface area contributed by atoms with Crippen LogP contribution in [0, 0.1) is 0 Å². The van der Waals surface area contributed by atoms with E-state index < -0.39 is 5.97 Å². The Bertz CT molecular complexity index is 923. The summed E-state index contributed by atoms with van der Waals surface area (Å²) in [7, 11) is 1.29. The molecule has 0 radical (unpaired) electrons. The highest BCUT2D eigenvalue weighted by molar-refractivity contribution is 6.30. The minimum atomic E-state index is -0.527. The molecular weight excluding hydrogens is 328 g/mol. The number of ether oxygens (including phenoxy) is 1. The van der Waals surface area contributed by atoms with Crippen LogP contribution in [0.2, 0.25) is 5.02 Å². The number of rotatable bonds is 2. The first-order chi connectivity index (χ1) is 11.6. The predicted octanol–water partition coefficient (Wildman–Crippen LogP) is 1.88. The van der Waals surface area contributed by atoms with Gasteiger partial charge in [-0.05, 0) is 18.2 Å². The van der Waals surface area contributed by atoms with Gasteiger partial charge in [0.1, 0.15) is 0 Å². The third-order valence-electron chi connectivity index (χ3n) is 3.58. The van der Waals surface area contributed by atoms with Gasteiger partial charge in [-0.25, -0.2) is 9.86 Å².